The molecule has 0 unspecified atom stereocenters. The molecule has 0 saturated heterocycles. The smallest absolute Gasteiger partial charge is 0.178 e. The molecule has 6 heteroatoms. The third kappa shape index (κ3) is 3.75. The van der Waals surface area contributed by atoms with Crippen LogP contribution in [-0.2, 0) is 13.0 Å². The molecule has 4 N–H and O–H groups in total. The van der Waals surface area contributed by atoms with Crippen molar-refractivity contribution in [2.45, 2.75) is 19.0 Å². The van der Waals surface area contributed by atoms with E-state index in [1.165, 1.54) is 11.3 Å². The minimum atomic E-state index is 0.248. The van der Waals surface area contributed by atoms with Gasteiger partial charge in [0.25, 0.3) is 0 Å². The fourth-order valence-corrected chi connectivity index (χ4v) is 3.25. The Morgan fingerprint density at radius 2 is 1.96 bits per heavy atom. The number of halogens is 1. The molecule has 0 aromatic heterocycles. The fraction of sp³-hybridized carbons (Fsp3) is 0.235. The van der Waals surface area contributed by atoms with Crippen LogP contribution in [0, 0.1) is 0 Å². The van der Waals surface area contributed by atoms with E-state index in [1.54, 1.807) is 0 Å². The first-order valence-electron chi connectivity index (χ1n) is 7.51. The monoisotopic (exact) mass is 346 g/mol. The van der Waals surface area contributed by atoms with Crippen molar-refractivity contribution in [3.8, 4) is 0 Å². The lowest BCUT2D eigenvalue weighted by Gasteiger charge is -2.28. The Morgan fingerprint density at radius 1 is 1.22 bits per heavy atom. The first-order valence-corrected chi connectivity index (χ1v) is 8.30. The zero-order chi connectivity index (χ0) is 16.2. The van der Waals surface area contributed by atoms with Gasteiger partial charge in [-0.15, -0.1) is 0 Å². The van der Waals surface area contributed by atoms with Gasteiger partial charge in [0.1, 0.15) is 0 Å². The van der Waals surface area contributed by atoms with Crippen LogP contribution in [0.3, 0.4) is 0 Å². The van der Waals surface area contributed by atoms with Crippen molar-refractivity contribution in [1.29, 1.82) is 0 Å². The highest BCUT2D eigenvalue weighted by atomic mass is 35.5. The summed E-state index contributed by atoms with van der Waals surface area (Å²) in [5.74, 6) is 0. The highest BCUT2D eigenvalue weighted by Gasteiger charge is 2.29. The highest BCUT2D eigenvalue weighted by Crippen LogP contribution is 2.34. The minimum Gasteiger partial charge on any atom is -0.375 e. The number of nitrogens with zero attached hydrogens (tertiary/aromatic N) is 1. The summed E-state index contributed by atoms with van der Waals surface area (Å²) in [5, 5.41) is 1.04. The molecule has 3 rings (SSSR count). The predicted molar refractivity (Wildman–Crippen MR) is 99.5 cm³/mol. The normalized spacial score (nSPS) is 16.2. The summed E-state index contributed by atoms with van der Waals surface area (Å²) in [4.78, 5) is 2.38. The van der Waals surface area contributed by atoms with Crippen molar-refractivity contribution in [3.05, 3.63) is 64.7 Å². The summed E-state index contributed by atoms with van der Waals surface area (Å²) < 4.78 is 0. The average Bonchev–Trinajstić information content (AvgIpc) is 2.87. The molecule has 1 heterocycles. The van der Waals surface area contributed by atoms with Crippen molar-refractivity contribution >= 4 is 34.6 Å². The van der Waals surface area contributed by atoms with Gasteiger partial charge in [0.15, 0.2) is 5.11 Å². The van der Waals surface area contributed by atoms with E-state index in [-0.39, 0.29) is 5.11 Å². The number of hydrogen-bond acceptors (Lipinski definition) is 3. The molecule has 0 spiro atoms. The molecule has 2 aromatic carbocycles. The van der Waals surface area contributed by atoms with Crippen LogP contribution in [0.25, 0.3) is 0 Å². The number of para-hydroxylation sites is 1. The van der Waals surface area contributed by atoms with Crippen LogP contribution in [0.15, 0.2) is 48.5 Å². The zero-order valence-electron chi connectivity index (χ0n) is 12.6. The Labute approximate surface area is 146 Å². The Bertz CT molecular complexity index is 706. The molecule has 0 amide bonds. The second kappa shape index (κ2) is 7.17. The van der Waals surface area contributed by atoms with Gasteiger partial charge in [-0.3, -0.25) is 5.43 Å². The number of thiocarbonyl (C=S) groups is 1. The van der Waals surface area contributed by atoms with Crippen molar-refractivity contribution < 1.29 is 0 Å². The lowest BCUT2D eigenvalue weighted by molar-refractivity contribution is 0.533. The summed E-state index contributed by atoms with van der Waals surface area (Å²) in [7, 11) is 0. The summed E-state index contributed by atoms with van der Waals surface area (Å²) >= 11 is 11.2. The molecule has 1 atom stereocenters. The van der Waals surface area contributed by atoms with E-state index in [1.807, 2.05) is 18.2 Å². The van der Waals surface area contributed by atoms with Crippen molar-refractivity contribution in [2.75, 3.05) is 11.4 Å². The van der Waals surface area contributed by atoms with Crippen LogP contribution in [-0.4, -0.2) is 17.7 Å². The number of nitrogens with two attached hydrogens (primary N) is 1. The Balaban J connectivity index is 1.80. The summed E-state index contributed by atoms with van der Waals surface area (Å²) in [6.07, 6.45) is 0.979. The largest absolute Gasteiger partial charge is 0.375 e. The molecule has 120 valence electrons. The molecule has 23 heavy (non-hydrogen) atoms. The quantitative estimate of drug-likeness (QED) is 0.574. The zero-order valence-corrected chi connectivity index (χ0v) is 14.2. The van der Waals surface area contributed by atoms with Gasteiger partial charge in [-0.2, -0.15) is 0 Å². The first-order chi connectivity index (χ1) is 11.1. The molecule has 4 nitrogen and oxygen atoms in total. The lowest BCUT2D eigenvalue weighted by Crippen LogP contribution is -2.48. The Kier molecular flexibility index (Phi) is 5.00. The van der Waals surface area contributed by atoms with Gasteiger partial charge in [0, 0.05) is 29.8 Å². The van der Waals surface area contributed by atoms with Gasteiger partial charge in [0.2, 0.25) is 0 Å². The van der Waals surface area contributed by atoms with E-state index in [0.717, 1.165) is 30.1 Å². The highest BCUT2D eigenvalue weighted by molar-refractivity contribution is 7.80. The van der Waals surface area contributed by atoms with E-state index in [2.05, 4.69) is 46.1 Å². The molecule has 1 aliphatic heterocycles. The number of anilines is 1. The summed E-state index contributed by atoms with van der Waals surface area (Å²) in [6.45, 7) is 1.51. The van der Waals surface area contributed by atoms with Crippen LogP contribution in [0.2, 0.25) is 5.02 Å². The standard InChI is InChI=1S/C17H19ClN4S/c18-15-7-3-1-6-13(15)11-22-14(10-20-21-17(19)23)9-12-5-2-4-8-16(12)22/h1-8,14,20H,9-11H2,(H3,19,21,23)/t14-/m0/s1. The van der Waals surface area contributed by atoms with E-state index in [9.17, 15) is 0 Å². The number of nitrogens with one attached hydrogen (secondary N) is 2. The van der Waals surface area contributed by atoms with Gasteiger partial charge in [-0.25, -0.2) is 5.43 Å². The maximum absolute atomic E-state index is 6.34. The summed E-state index contributed by atoms with van der Waals surface area (Å²) in [5.41, 5.74) is 15.1. The van der Waals surface area contributed by atoms with Crippen LogP contribution in [0.5, 0.6) is 0 Å². The van der Waals surface area contributed by atoms with Crippen molar-refractivity contribution in [1.82, 2.24) is 10.9 Å². The van der Waals surface area contributed by atoms with Crippen LogP contribution in [0.1, 0.15) is 11.1 Å². The predicted octanol–water partition coefficient (Wildman–Crippen LogP) is 2.61. The second-order valence-corrected chi connectivity index (χ2v) is 6.42. The fourth-order valence-electron chi connectivity index (χ4n) is 2.99. The van der Waals surface area contributed by atoms with Crippen LogP contribution in [0.4, 0.5) is 5.69 Å². The molecule has 0 fully saturated rings. The third-order valence-electron chi connectivity index (χ3n) is 4.05. The number of fused-ring (bicyclic) bond motifs is 1. The molecule has 0 saturated carbocycles. The van der Waals surface area contributed by atoms with E-state index in [4.69, 9.17) is 29.6 Å². The number of hydrogen-bond donors (Lipinski definition) is 3. The van der Waals surface area contributed by atoms with Crippen LogP contribution >= 0.6 is 23.8 Å². The third-order valence-corrected chi connectivity index (χ3v) is 4.52. The van der Waals surface area contributed by atoms with Gasteiger partial charge in [-0.05, 0) is 41.9 Å². The molecule has 1 aliphatic rings. The minimum absolute atomic E-state index is 0.248. The molecule has 0 aliphatic carbocycles. The topological polar surface area (TPSA) is 53.3 Å². The molecular formula is C17H19ClN4S. The number of benzene rings is 2. The van der Waals surface area contributed by atoms with Gasteiger partial charge in [0.05, 0.1) is 0 Å². The van der Waals surface area contributed by atoms with E-state index >= 15 is 0 Å². The SMILES string of the molecule is NC(=S)NNC[C@@H]1Cc2ccccc2N1Cc1ccccc1Cl. The lowest BCUT2D eigenvalue weighted by atomic mass is 10.1. The second-order valence-electron chi connectivity index (χ2n) is 5.58. The van der Waals surface area contributed by atoms with Gasteiger partial charge in [-0.1, -0.05) is 48.0 Å². The van der Waals surface area contributed by atoms with Crippen LogP contribution < -0.4 is 21.5 Å². The molecular weight excluding hydrogens is 328 g/mol. The van der Waals surface area contributed by atoms with E-state index in [0.29, 0.717) is 6.04 Å². The van der Waals surface area contributed by atoms with Crippen molar-refractivity contribution in [3.63, 3.8) is 0 Å². The Morgan fingerprint density at radius 3 is 2.74 bits per heavy atom. The number of hydrazine groups is 1. The van der Waals surface area contributed by atoms with Gasteiger partial charge < -0.3 is 10.6 Å². The van der Waals surface area contributed by atoms with Gasteiger partial charge >= 0.3 is 0 Å². The maximum atomic E-state index is 6.34. The molecule has 0 radical (unpaired) electrons. The number of rotatable bonds is 5. The molecule has 2 aromatic rings. The first kappa shape index (κ1) is 16.1. The maximum Gasteiger partial charge on any atom is 0.178 e. The molecule has 0 bridgehead atoms. The summed E-state index contributed by atoms with van der Waals surface area (Å²) in [6, 6.07) is 16.8. The average molecular weight is 347 g/mol. The Hall–Kier alpha value is -1.82. The van der Waals surface area contributed by atoms with E-state index < -0.39 is 0 Å². The van der Waals surface area contributed by atoms with Crippen molar-refractivity contribution in [2.24, 2.45) is 5.73 Å².